The summed E-state index contributed by atoms with van der Waals surface area (Å²) in [5.74, 6) is 0.355. The van der Waals surface area contributed by atoms with Crippen molar-refractivity contribution in [1.29, 1.82) is 0 Å². The zero-order valence-corrected chi connectivity index (χ0v) is 20.9. The summed E-state index contributed by atoms with van der Waals surface area (Å²) in [4.78, 5) is 14.8. The van der Waals surface area contributed by atoms with E-state index in [2.05, 4.69) is 6.07 Å². The Morgan fingerprint density at radius 3 is 2.65 bits per heavy atom. The Hall–Kier alpha value is -2.87. The van der Waals surface area contributed by atoms with Crippen LogP contribution >= 0.6 is 35.6 Å². The van der Waals surface area contributed by atoms with Crippen molar-refractivity contribution in [1.82, 2.24) is 0 Å². The highest BCUT2D eigenvalue weighted by Gasteiger charge is 2.33. The van der Waals surface area contributed by atoms with Gasteiger partial charge >= 0.3 is 0 Å². The number of aryl methyl sites for hydroxylation is 1. The molecule has 34 heavy (non-hydrogen) atoms. The fourth-order valence-electron chi connectivity index (χ4n) is 3.43. The molecular formula is C26H21ClFNO3S2. The van der Waals surface area contributed by atoms with Crippen molar-refractivity contribution in [2.45, 2.75) is 20.5 Å². The van der Waals surface area contributed by atoms with Gasteiger partial charge in [-0.15, -0.1) is 0 Å². The van der Waals surface area contributed by atoms with Crippen LogP contribution in [0.3, 0.4) is 0 Å². The number of carbonyl (C=O) groups excluding carboxylic acids is 1. The quantitative estimate of drug-likeness (QED) is 0.247. The van der Waals surface area contributed by atoms with E-state index in [0.717, 1.165) is 11.1 Å². The van der Waals surface area contributed by atoms with Crippen molar-refractivity contribution in [2.75, 3.05) is 11.5 Å². The average Bonchev–Trinajstić information content (AvgIpc) is 3.08. The van der Waals surface area contributed by atoms with E-state index in [9.17, 15) is 9.18 Å². The van der Waals surface area contributed by atoms with Gasteiger partial charge in [0.25, 0.3) is 5.91 Å². The van der Waals surface area contributed by atoms with Gasteiger partial charge in [0.05, 0.1) is 22.2 Å². The molecular weight excluding hydrogens is 493 g/mol. The molecule has 0 radical (unpaired) electrons. The van der Waals surface area contributed by atoms with Gasteiger partial charge in [0.2, 0.25) is 0 Å². The molecule has 1 fully saturated rings. The number of rotatable bonds is 7. The van der Waals surface area contributed by atoms with E-state index in [-0.39, 0.29) is 10.9 Å². The number of carbonyl (C=O) groups is 1. The second-order valence-corrected chi connectivity index (χ2v) is 9.62. The lowest BCUT2D eigenvalue weighted by Gasteiger charge is -2.15. The molecule has 0 atom stereocenters. The maximum absolute atomic E-state index is 13.5. The van der Waals surface area contributed by atoms with Crippen LogP contribution in [-0.4, -0.2) is 16.8 Å². The summed E-state index contributed by atoms with van der Waals surface area (Å²) in [5.41, 5.74) is 3.42. The SMILES string of the molecule is CCOc1cc(/C=C2\SC(=S)N(c3ccc(F)c(Cl)c3)C2=O)ccc1OCc1cccc(C)c1. The van der Waals surface area contributed by atoms with Crippen LogP contribution in [0.15, 0.2) is 65.6 Å². The first kappa shape index (κ1) is 24.3. The molecule has 0 aromatic heterocycles. The Kier molecular flexibility index (Phi) is 7.56. The zero-order chi connectivity index (χ0) is 24.2. The number of hydrogen-bond donors (Lipinski definition) is 0. The normalized spacial score (nSPS) is 14.7. The predicted molar refractivity (Wildman–Crippen MR) is 140 cm³/mol. The van der Waals surface area contributed by atoms with E-state index in [4.69, 9.17) is 33.3 Å². The average molecular weight is 514 g/mol. The van der Waals surface area contributed by atoms with Crippen LogP contribution in [0, 0.1) is 12.7 Å². The Balaban J connectivity index is 1.56. The van der Waals surface area contributed by atoms with E-state index < -0.39 is 5.82 Å². The first-order chi connectivity index (χ1) is 16.4. The molecule has 1 amide bonds. The first-order valence-electron chi connectivity index (χ1n) is 10.5. The molecule has 0 aliphatic carbocycles. The number of ether oxygens (including phenoxy) is 2. The third-order valence-corrected chi connectivity index (χ3v) is 6.59. The standard InChI is InChI=1S/C26H21ClFNO3S2/c1-3-31-23-12-17(7-10-22(23)32-15-18-6-4-5-16(2)11-18)13-24-25(30)29(26(33)34-24)19-8-9-21(28)20(27)14-19/h4-14H,3,15H2,1-2H3/b24-13-. The second kappa shape index (κ2) is 10.6. The Morgan fingerprint density at radius 1 is 1.09 bits per heavy atom. The predicted octanol–water partition coefficient (Wildman–Crippen LogP) is 7.17. The molecule has 0 saturated carbocycles. The highest BCUT2D eigenvalue weighted by molar-refractivity contribution is 8.27. The van der Waals surface area contributed by atoms with Crippen molar-refractivity contribution in [3.63, 3.8) is 0 Å². The number of nitrogens with zero attached hydrogens (tertiary/aromatic N) is 1. The third-order valence-electron chi connectivity index (χ3n) is 5.00. The lowest BCUT2D eigenvalue weighted by Crippen LogP contribution is -2.27. The fourth-order valence-corrected chi connectivity index (χ4v) is 4.90. The first-order valence-corrected chi connectivity index (χ1v) is 12.1. The molecule has 0 N–H and O–H groups in total. The summed E-state index contributed by atoms with van der Waals surface area (Å²) in [6, 6.07) is 17.7. The van der Waals surface area contributed by atoms with E-state index in [1.165, 1.54) is 40.4 Å². The van der Waals surface area contributed by atoms with Gasteiger partial charge in [0.1, 0.15) is 12.4 Å². The molecule has 0 bridgehead atoms. The number of thioether (sulfide) groups is 1. The Labute approximate surface area is 212 Å². The summed E-state index contributed by atoms with van der Waals surface area (Å²) in [5, 5.41) is -0.0712. The van der Waals surface area contributed by atoms with Crippen molar-refractivity contribution in [2.24, 2.45) is 0 Å². The molecule has 1 aliphatic rings. The molecule has 1 saturated heterocycles. The van der Waals surface area contributed by atoms with Crippen LogP contribution in [0.1, 0.15) is 23.6 Å². The number of anilines is 1. The number of halogens is 2. The molecule has 1 heterocycles. The molecule has 4 nitrogen and oxygen atoms in total. The number of amides is 1. The zero-order valence-electron chi connectivity index (χ0n) is 18.5. The van der Waals surface area contributed by atoms with Gasteiger partial charge in [-0.3, -0.25) is 9.69 Å². The van der Waals surface area contributed by atoms with E-state index in [0.29, 0.717) is 39.6 Å². The highest BCUT2D eigenvalue weighted by Crippen LogP contribution is 2.38. The fraction of sp³-hybridized carbons (Fsp3) is 0.154. The molecule has 1 aliphatic heterocycles. The summed E-state index contributed by atoms with van der Waals surface area (Å²) >= 11 is 12.5. The third kappa shape index (κ3) is 5.43. The minimum absolute atomic E-state index is 0.0712. The lowest BCUT2D eigenvalue weighted by atomic mass is 10.1. The van der Waals surface area contributed by atoms with Gasteiger partial charge in [0.15, 0.2) is 15.8 Å². The van der Waals surface area contributed by atoms with E-state index >= 15 is 0 Å². The van der Waals surface area contributed by atoms with Gasteiger partial charge in [-0.1, -0.05) is 71.5 Å². The maximum atomic E-state index is 13.5. The largest absolute Gasteiger partial charge is 0.490 e. The van der Waals surface area contributed by atoms with Crippen molar-refractivity contribution in [3.8, 4) is 11.5 Å². The molecule has 8 heteroatoms. The smallest absolute Gasteiger partial charge is 0.270 e. The van der Waals surface area contributed by atoms with Gasteiger partial charge < -0.3 is 9.47 Å². The van der Waals surface area contributed by atoms with E-state index in [1.807, 2.05) is 50.2 Å². The van der Waals surface area contributed by atoms with Gasteiger partial charge in [0, 0.05) is 0 Å². The van der Waals surface area contributed by atoms with Gasteiger partial charge in [-0.05, 0) is 61.4 Å². The topological polar surface area (TPSA) is 38.8 Å². The van der Waals surface area contributed by atoms with Crippen molar-refractivity contribution in [3.05, 3.63) is 93.1 Å². The lowest BCUT2D eigenvalue weighted by molar-refractivity contribution is -0.113. The van der Waals surface area contributed by atoms with Crippen LogP contribution in [0.4, 0.5) is 10.1 Å². The van der Waals surface area contributed by atoms with Crippen molar-refractivity contribution >= 4 is 57.6 Å². The number of thiocarbonyl (C=S) groups is 1. The molecule has 3 aromatic carbocycles. The maximum Gasteiger partial charge on any atom is 0.270 e. The molecule has 4 rings (SSSR count). The second-order valence-electron chi connectivity index (χ2n) is 7.53. The molecule has 174 valence electrons. The van der Waals surface area contributed by atoms with Gasteiger partial charge in [-0.25, -0.2) is 4.39 Å². The van der Waals surface area contributed by atoms with Crippen LogP contribution in [0.5, 0.6) is 11.5 Å². The summed E-state index contributed by atoms with van der Waals surface area (Å²) in [6.07, 6.45) is 1.75. The minimum Gasteiger partial charge on any atom is -0.490 e. The van der Waals surface area contributed by atoms with Crippen LogP contribution in [0.2, 0.25) is 5.02 Å². The summed E-state index contributed by atoms with van der Waals surface area (Å²) in [6.45, 7) is 4.82. The molecule has 3 aromatic rings. The number of hydrogen-bond acceptors (Lipinski definition) is 5. The number of benzene rings is 3. The Morgan fingerprint density at radius 2 is 1.91 bits per heavy atom. The van der Waals surface area contributed by atoms with Gasteiger partial charge in [-0.2, -0.15) is 0 Å². The monoisotopic (exact) mass is 513 g/mol. The summed E-state index contributed by atoms with van der Waals surface area (Å²) in [7, 11) is 0. The molecule has 0 spiro atoms. The minimum atomic E-state index is -0.556. The van der Waals surface area contributed by atoms with Crippen LogP contribution in [0.25, 0.3) is 6.08 Å². The van der Waals surface area contributed by atoms with E-state index in [1.54, 1.807) is 6.08 Å². The van der Waals surface area contributed by atoms with Crippen molar-refractivity contribution < 1.29 is 18.7 Å². The Bertz CT molecular complexity index is 1290. The van der Waals surface area contributed by atoms with Crippen LogP contribution < -0.4 is 14.4 Å². The summed E-state index contributed by atoms with van der Waals surface area (Å²) < 4.78 is 25.7. The van der Waals surface area contributed by atoms with Crippen LogP contribution in [-0.2, 0) is 11.4 Å². The highest BCUT2D eigenvalue weighted by atomic mass is 35.5. The molecule has 0 unspecified atom stereocenters.